The lowest BCUT2D eigenvalue weighted by atomic mass is 9.63. The van der Waals surface area contributed by atoms with Crippen LogP contribution in [-0.2, 0) is 9.59 Å². The zero-order valence-electron chi connectivity index (χ0n) is 16.5. The van der Waals surface area contributed by atoms with Crippen molar-refractivity contribution >= 4 is 17.5 Å². The Morgan fingerprint density at radius 2 is 1.34 bits per heavy atom. The van der Waals surface area contributed by atoms with Gasteiger partial charge >= 0.3 is 0 Å². The number of anilines is 1. The van der Waals surface area contributed by atoms with Crippen LogP contribution in [0.1, 0.15) is 17.5 Å². The van der Waals surface area contributed by atoms with Crippen LogP contribution in [0.4, 0.5) is 5.69 Å². The van der Waals surface area contributed by atoms with Gasteiger partial charge < -0.3 is 4.74 Å². The molecule has 29 heavy (non-hydrogen) atoms. The maximum Gasteiger partial charge on any atom is 0.238 e. The van der Waals surface area contributed by atoms with E-state index in [1.54, 1.807) is 0 Å². The highest BCUT2D eigenvalue weighted by Gasteiger charge is 2.67. The van der Waals surface area contributed by atoms with Crippen LogP contribution >= 0.6 is 0 Å². The quantitative estimate of drug-likeness (QED) is 0.571. The van der Waals surface area contributed by atoms with Crippen LogP contribution in [0.3, 0.4) is 0 Å². The first-order valence-electron chi connectivity index (χ1n) is 10.4. The van der Waals surface area contributed by atoms with Gasteiger partial charge in [-0.2, -0.15) is 0 Å². The molecule has 1 aliphatic heterocycles. The lowest BCUT2D eigenvalue weighted by molar-refractivity contribution is -0.124. The molecule has 2 bridgehead atoms. The average molecular weight is 385 g/mol. The first-order valence-corrected chi connectivity index (χ1v) is 10.4. The molecule has 5 aliphatic rings. The number of rotatable bonds is 3. The van der Waals surface area contributed by atoms with E-state index in [1.165, 1.54) is 11.3 Å². The van der Waals surface area contributed by atoms with Crippen LogP contribution in [-0.4, -0.2) is 11.8 Å². The number of allylic oxidation sites excluding steroid dienone is 2. The number of hydrogen-bond acceptors (Lipinski definition) is 3. The lowest BCUT2D eigenvalue weighted by Crippen LogP contribution is -2.40. The first-order chi connectivity index (χ1) is 14.0. The van der Waals surface area contributed by atoms with Gasteiger partial charge in [0.1, 0.15) is 11.5 Å². The fourth-order valence-electron chi connectivity index (χ4n) is 6.00. The van der Waals surface area contributed by atoms with Crippen LogP contribution in [0.25, 0.3) is 0 Å². The van der Waals surface area contributed by atoms with E-state index < -0.39 is 0 Å². The molecule has 7 rings (SSSR count). The third kappa shape index (κ3) is 2.44. The summed E-state index contributed by atoms with van der Waals surface area (Å²) >= 11 is 0. The monoisotopic (exact) mass is 385 g/mol. The topological polar surface area (TPSA) is 46.6 Å². The Balaban J connectivity index is 1.26. The van der Waals surface area contributed by atoms with Gasteiger partial charge in [-0.1, -0.05) is 18.2 Å². The predicted octanol–water partition coefficient (Wildman–Crippen LogP) is 4.65. The molecule has 0 aromatic heterocycles. The van der Waals surface area contributed by atoms with E-state index in [0.717, 1.165) is 16.9 Å². The van der Waals surface area contributed by atoms with Gasteiger partial charge in [-0.3, -0.25) is 14.5 Å². The molecule has 2 saturated carbocycles. The Kier molecular flexibility index (Phi) is 3.41. The Hall–Kier alpha value is -2.88. The molecule has 0 N–H and O–H groups in total. The zero-order valence-corrected chi connectivity index (χ0v) is 16.5. The molecular formula is C25H23NO3. The van der Waals surface area contributed by atoms with E-state index in [0.29, 0.717) is 23.3 Å². The molecule has 1 saturated heterocycles. The van der Waals surface area contributed by atoms with Crippen molar-refractivity contribution in [3.05, 3.63) is 65.7 Å². The maximum atomic E-state index is 13.2. The highest BCUT2D eigenvalue weighted by Crippen LogP contribution is 2.65. The van der Waals surface area contributed by atoms with Crippen molar-refractivity contribution in [3.63, 3.8) is 0 Å². The lowest BCUT2D eigenvalue weighted by Gasteiger charge is -2.37. The van der Waals surface area contributed by atoms with Gasteiger partial charge in [-0.05, 0) is 91.5 Å². The smallest absolute Gasteiger partial charge is 0.238 e. The molecule has 4 aliphatic carbocycles. The van der Waals surface area contributed by atoms with E-state index in [4.69, 9.17) is 4.74 Å². The highest BCUT2D eigenvalue weighted by molar-refractivity contribution is 6.22. The standard InChI is InChI=1S/C25H23NO3/c1-13-9-14(2)11-17(10-13)29-16-5-3-15(4-6-16)26-24(27)22-18-7-8-19(21-12-20(18)21)23(22)25(26)28/h3-11,18-23H,12H2,1-2H3/t18-,19-,20-,21-,22-,23+/m0/s1. The number of carbonyl (C=O) groups is 2. The molecule has 3 fully saturated rings. The number of hydrogen-bond donors (Lipinski definition) is 0. The van der Waals surface area contributed by atoms with Gasteiger partial charge in [-0.25, -0.2) is 0 Å². The second-order valence-corrected chi connectivity index (χ2v) is 9.09. The van der Waals surface area contributed by atoms with Crippen LogP contribution in [0.5, 0.6) is 11.5 Å². The van der Waals surface area contributed by atoms with E-state index in [1.807, 2.05) is 50.2 Å². The Morgan fingerprint density at radius 3 is 1.90 bits per heavy atom. The summed E-state index contributed by atoms with van der Waals surface area (Å²) < 4.78 is 5.97. The average Bonchev–Trinajstić information content (AvgIpc) is 3.46. The summed E-state index contributed by atoms with van der Waals surface area (Å²) in [5, 5.41) is 0. The second kappa shape index (κ2) is 5.82. The molecular weight excluding hydrogens is 362 g/mol. The normalized spacial score (nSPS) is 33.7. The molecule has 4 heteroatoms. The number of aryl methyl sites for hydroxylation is 2. The van der Waals surface area contributed by atoms with Crippen molar-refractivity contribution < 1.29 is 14.3 Å². The Bertz CT molecular complexity index is 1010. The number of nitrogens with zero attached hydrogens (tertiary/aromatic N) is 1. The van der Waals surface area contributed by atoms with Crippen molar-refractivity contribution in [1.29, 1.82) is 0 Å². The summed E-state index contributed by atoms with van der Waals surface area (Å²) in [5.74, 6) is 2.87. The van der Waals surface area contributed by atoms with Crippen molar-refractivity contribution in [1.82, 2.24) is 0 Å². The van der Waals surface area contributed by atoms with Gasteiger partial charge in [0, 0.05) is 0 Å². The number of ether oxygens (including phenoxy) is 1. The molecule has 146 valence electrons. The van der Waals surface area contributed by atoms with Crippen LogP contribution < -0.4 is 9.64 Å². The molecule has 0 spiro atoms. The molecule has 0 radical (unpaired) electrons. The second-order valence-electron chi connectivity index (χ2n) is 9.09. The van der Waals surface area contributed by atoms with Crippen molar-refractivity contribution in [2.75, 3.05) is 4.90 Å². The van der Waals surface area contributed by atoms with Crippen LogP contribution in [0, 0.1) is 49.4 Å². The van der Waals surface area contributed by atoms with E-state index in [-0.39, 0.29) is 35.5 Å². The Labute approximate surface area is 170 Å². The summed E-state index contributed by atoms with van der Waals surface area (Å²) in [5.41, 5.74) is 2.94. The minimum absolute atomic E-state index is 0.0207. The minimum Gasteiger partial charge on any atom is -0.457 e. The van der Waals surface area contributed by atoms with Gasteiger partial charge in [0.25, 0.3) is 0 Å². The molecule has 2 aromatic rings. The predicted molar refractivity (Wildman–Crippen MR) is 110 cm³/mol. The summed E-state index contributed by atoms with van der Waals surface area (Å²) in [6.07, 6.45) is 5.59. The maximum absolute atomic E-state index is 13.2. The summed E-state index contributed by atoms with van der Waals surface area (Å²) in [6.45, 7) is 4.08. The van der Waals surface area contributed by atoms with Crippen molar-refractivity contribution in [2.45, 2.75) is 20.3 Å². The van der Waals surface area contributed by atoms with Crippen molar-refractivity contribution in [2.24, 2.45) is 35.5 Å². The minimum atomic E-state index is -0.160. The largest absolute Gasteiger partial charge is 0.457 e. The highest BCUT2D eigenvalue weighted by atomic mass is 16.5. The summed E-state index contributed by atoms with van der Waals surface area (Å²) in [4.78, 5) is 27.8. The molecule has 0 unspecified atom stereocenters. The third-order valence-electron chi connectivity index (χ3n) is 7.19. The van der Waals surface area contributed by atoms with E-state index >= 15 is 0 Å². The third-order valence-corrected chi connectivity index (χ3v) is 7.19. The molecule has 1 heterocycles. The first kappa shape index (κ1) is 17.0. The summed E-state index contributed by atoms with van der Waals surface area (Å²) in [7, 11) is 0. The Morgan fingerprint density at radius 1 is 0.793 bits per heavy atom. The summed E-state index contributed by atoms with van der Waals surface area (Å²) in [6, 6.07) is 13.4. The van der Waals surface area contributed by atoms with Gasteiger partial charge in [0.05, 0.1) is 17.5 Å². The number of benzene rings is 2. The molecule has 2 amide bonds. The van der Waals surface area contributed by atoms with Crippen LogP contribution in [0.15, 0.2) is 54.6 Å². The SMILES string of the molecule is Cc1cc(C)cc(Oc2ccc(N3C(=O)[C@@H]4[C@H]5C=C[C@@H]([C@@H]6C[C@@H]56)[C@@H]4C3=O)cc2)c1. The van der Waals surface area contributed by atoms with Gasteiger partial charge in [-0.15, -0.1) is 0 Å². The zero-order chi connectivity index (χ0) is 19.9. The van der Waals surface area contributed by atoms with E-state index in [2.05, 4.69) is 18.2 Å². The molecule has 4 nitrogen and oxygen atoms in total. The fourth-order valence-corrected chi connectivity index (χ4v) is 6.00. The van der Waals surface area contributed by atoms with Gasteiger partial charge in [0.2, 0.25) is 11.8 Å². The van der Waals surface area contributed by atoms with Crippen LogP contribution in [0.2, 0.25) is 0 Å². The fraction of sp³-hybridized carbons (Fsp3) is 0.360. The number of amides is 2. The van der Waals surface area contributed by atoms with Gasteiger partial charge in [0.15, 0.2) is 0 Å². The molecule has 2 aromatic carbocycles. The number of carbonyl (C=O) groups excluding carboxylic acids is 2. The van der Waals surface area contributed by atoms with E-state index in [9.17, 15) is 9.59 Å². The molecule has 6 atom stereocenters. The van der Waals surface area contributed by atoms with Crippen molar-refractivity contribution in [3.8, 4) is 11.5 Å². The number of imide groups is 1.